The zero-order valence-corrected chi connectivity index (χ0v) is 9.30. The Hall–Kier alpha value is -1.07. The Morgan fingerprint density at radius 1 is 1.44 bits per heavy atom. The smallest absolute Gasteiger partial charge is 0.272 e. The molecule has 1 rings (SSSR count). The molecule has 0 fully saturated rings. The number of hydrogen-bond acceptors (Lipinski definition) is 3. The Kier molecular flexibility index (Phi) is 4.76. The Labute approximate surface area is 96.5 Å². The van der Waals surface area contributed by atoms with Crippen LogP contribution < -0.4 is 9.47 Å². The van der Waals surface area contributed by atoms with Gasteiger partial charge in [0.1, 0.15) is 6.61 Å². The lowest BCUT2D eigenvalue weighted by molar-refractivity contribution is 0.0790. The van der Waals surface area contributed by atoms with Gasteiger partial charge < -0.3 is 14.6 Å². The third-order valence-electron chi connectivity index (χ3n) is 1.84. The number of aliphatic hydroxyl groups is 1. The van der Waals surface area contributed by atoms with E-state index in [2.05, 4.69) is 0 Å². The lowest BCUT2D eigenvalue weighted by Gasteiger charge is -2.14. The second kappa shape index (κ2) is 5.86. The third-order valence-corrected chi connectivity index (χ3v) is 2.06. The zero-order chi connectivity index (χ0) is 12.1. The topological polar surface area (TPSA) is 38.7 Å². The average Bonchev–Trinajstić information content (AvgIpc) is 2.25. The fourth-order valence-corrected chi connectivity index (χ4v) is 1.43. The number of aliphatic hydroxyl groups excluding tert-OH is 1. The molecular formula is C10H11ClF2O3. The van der Waals surface area contributed by atoms with Crippen LogP contribution in [-0.4, -0.2) is 25.2 Å². The molecule has 90 valence electrons. The molecule has 0 bridgehead atoms. The van der Waals surface area contributed by atoms with Crippen molar-refractivity contribution in [2.45, 2.75) is 13.0 Å². The van der Waals surface area contributed by atoms with E-state index in [4.69, 9.17) is 26.2 Å². The summed E-state index contributed by atoms with van der Waals surface area (Å²) in [6, 6.07) is 2.87. The van der Waals surface area contributed by atoms with E-state index in [0.717, 1.165) is 0 Å². The van der Waals surface area contributed by atoms with Crippen LogP contribution in [0.4, 0.5) is 8.78 Å². The SMILES string of the molecule is COc1cc(Cl)cc(CO)c1OCC(F)F. The van der Waals surface area contributed by atoms with Gasteiger partial charge in [-0.15, -0.1) is 0 Å². The highest BCUT2D eigenvalue weighted by Gasteiger charge is 2.14. The number of ether oxygens (including phenoxy) is 2. The van der Waals surface area contributed by atoms with Gasteiger partial charge in [-0.2, -0.15) is 0 Å². The molecular weight excluding hydrogens is 242 g/mol. The molecule has 0 spiro atoms. The lowest BCUT2D eigenvalue weighted by atomic mass is 10.2. The monoisotopic (exact) mass is 252 g/mol. The predicted octanol–water partition coefficient (Wildman–Crippen LogP) is 2.48. The fourth-order valence-electron chi connectivity index (χ4n) is 1.20. The van der Waals surface area contributed by atoms with E-state index in [9.17, 15) is 8.78 Å². The third kappa shape index (κ3) is 3.21. The molecule has 1 aromatic carbocycles. The maximum absolute atomic E-state index is 12.0. The molecule has 0 heterocycles. The van der Waals surface area contributed by atoms with Crippen LogP contribution in [0.5, 0.6) is 11.5 Å². The first kappa shape index (κ1) is 13.0. The van der Waals surface area contributed by atoms with E-state index in [0.29, 0.717) is 10.6 Å². The van der Waals surface area contributed by atoms with Crippen LogP contribution in [0, 0.1) is 0 Å². The van der Waals surface area contributed by atoms with Crippen molar-refractivity contribution in [3.8, 4) is 11.5 Å². The summed E-state index contributed by atoms with van der Waals surface area (Å²) in [6.45, 7) is -1.12. The van der Waals surface area contributed by atoms with E-state index in [1.165, 1.54) is 19.2 Å². The molecule has 0 amide bonds. The van der Waals surface area contributed by atoms with Gasteiger partial charge in [0.2, 0.25) is 0 Å². The molecule has 0 aromatic heterocycles. The molecule has 1 aromatic rings. The van der Waals surface area contributed by atoms with Crippen LogP contribution in [0.1, 0.15) is 5.56 Å². The van der Waals surface area contributed by atoms with Gasteiger partial charge in [-0.25, -0.2) is 8.78 Å². The second-order valence-corrected chi connectivity index (χ2v) is 3.39. The van der Waals surface area contributed by atoms with Crippen molar-refractivity contribution in [1.29, 1.82) is 0 Å². The first-order valence-corrected chi connectivity index (χ1v) is 4.84. The van der Waals surface area contributed by atoms with Crippen molar-refractivity contribution in [3.63, 3.8) is 0 Å². The normalized spacial score (nSPS) is 10.6. The van der Waals surface area contributed by atoms with Gasteiger partial charge in [-0.3, -0.25) is 0 Å². The summed E-state index contributed by atoms with van der Waals surface area (Å²) in [6.07, 6.45) is -2.59. The van der Waals surface area contributed by atoms with Crippen molar-refractivity contribution in [1.82, 2.24) is 0 Å². The summed E-state index contributed by atoms with van der Waals surface area (Å²) >= 11 is 5.75. The number of benzene rings is 1. The Morgan fingerprint density at radius 2 is 2.12 bits per heavy atom. The number of rotatable bonds is 5. The molecule has 0 unspecified atom stereocenters. The molecule has 0 atom stereocenters. The minimum atomic E-state index is -2.59. The number of alkyl halides is 2. The van der Waals surface area contributed by atoms with Crippen LogP contribution in [0.15, 0.2) is 12.1 Å². The van der Waals surface area contributed by atoms with Crippen LogP contribution in [0.3, 0.4) is 0 Å². The van der Waals surface area contributed by atoms with Crippen molar-refractivity contribution >= 4 is 11.6 Å². The van der Waals surface area contributed by atoms with Gasteiger partial charge in [0.05, 0.1) is 13.7 Å². The van der Waals surface area contributed by atoms with Crippen LogP contribution in [0.2, 0.25) is 5.02 Å². The van der Waals surface area contributed by atoms with Gasteiger partial charge >= 0.3 is 0 Å². The summed E-state index contributed by atoms with van der Waals surface area (Å²) in [7, 11) is 1.36. The van der Waals surface area contributed by atoms with Crippen molar-refractivity contribution < 1.29 is 23.4 Å². The Bertz CT molecular complexity index is 333. The summed E-state index contributed by atoms with van der Waals surface area (Å²) in [5.41, 5.74) is 0.310. The maximum atomic E-state index is 12.0. The maximum Gasteiger partial charge on any atom is 0.272 e. The standard InChI is InChI=1S/C10H11ClF2O3/c1-15-8-3-7(11)2-6(4-14)10(8)16-5-9(12)13/h2-3,9,14H,4-5H2,1H3. The van der Waals surface area contributed by atoms with E-state index >= 15 is 0 Å². The Balaban J connectivity index is 3.02. The van der Waals surface area contributed by atoms with Crippen molar-refractivity contribution in [2.75, 3.05) is 13.7 Å². The fraction of sp³-hybridized carbons (Fsp3) is 0.400. The average molecular weight is 253 g/mol. The van der Waals surface area contributed by atoms with Crippen LogP contribution in [-0.2, 0) is 6.61 Å². The van der Waals surface area contributed by atoms with Crippen molar-refractivity contribution in [2.24, 2.45) is 0 Å². The quantitative estimate of drug-likeness (QED) is 0.875. The van der Waals surface area contributed by atoms with Gasteiger partial charge in [-0.1, -0.05) is 11.6 Å². The molecule has 0 aliphatic carbocycles. The molecule has 0 saturated heterocycles. The van der Waals surface area contributed by atoms with Gasteiger partial charge in [0.15, 0.2) is 11.5 Å². The summed E-state index contributed by atoms with van der Waals surface area (Å²) in [5, 5.41) is 9.38. The highest BCUT2D eigenvalue weighted by Crippen LogP contribution is 2.34. The molecule has 0 aliphatic heterocycles. The van der Waals surface area contributed by atoms with Gasteiger partial charge in [-0.05, 0) is 6.07 Å². The first-order valence-electron chi connectivity index (χ1n) is 4.46. The number of hydrogen-bond donors (Lipinski definition) is 1. The molecule has 0 radical (unpaired) electrons. The predicted molar refractivity (Wildman–Crippen MR) is 55.4 cm³/mol. The Morgan fingerprint density at radius 3 is 2.62 bits per heavy atom. The van der Waals surface area contributed by atoms with E-state index < -0.39 is 13.0 Å². The van der Waals surface area contributed by atoms with Gasteiger partial charge in [0.25, 0.3) is 6.43 Å². The minimum Gasteiger partial charge on any atom is -0.493 e. The number of methoxy groups -OCH3 is 1. The highest BCUT2D eigenvalue weighted by molar-refractivity contribution is 6.30. The summed E-state index contributed by atoms with van der Waals surface area (Å²) in [4.78, 5) is 0. The first-order chi connectivity index (χ1) is 7.58. The van der Waals surface area contributed by atoms with E-state index in [1.807, 2.05) is 0 Å². The second-order valence-electron chi connectivity index (χ2n) is 2.96. The molecule has 0 saturated carbocycles. The van der Waals surface area contributed by atoms with Crippen LogP contribution in [0.25, 0.3) is 0 Å². The molecule has 0 aliphatic rings. The number of halogens is 3. The summed E-state index contributed by atoms with van der Waals surface area (Å²) in [5.74, 6) is 0.312. The molecule has 1 N–H and O–H groups in total. The molecule has 6 heteroatoms. The molecule has 3 nitrogen and oxygen atoms in total. The summed E-state index contributed by atoms with van der Waals surface area (Å²) < 4.78 is 33.8. The highest BCUT2D eigenvalue weighted by atomic mass is 35.5. The molecule has 16 heavy (non-hydrogen) atoms. The van der Waals surface area contributed by atoms with Crippen molar-refractivity contribution in [3.05, 3.63) is 22.7 Å². The van der Waals surface area contributed by atoms with E-state index in [1.54, 1.807) is 0 Å². The van der Waals surface area contributed by atoms with Gasteiger partial charge in [0, 0.05) is 16.7 Å². The van der Waals surface area contributed by atoms with Crippen LogP contribution >= 0.6 is 11.6 Å². The minimum absolute atomic E-state index is 0.0923. The largest absolute Gasteiger partial charge is 0.493 e. The zero-order valence-electron chi connectivity index (χ0n) is 8.54. The lowest BCUT2D eigenvalue weighted by Crippen LogP contribution is -2.09. The van der Waals surface area contributed by atoms with E-state index in [-0.39, 0.29) is 18.1 Å².